The summed E-state index contributed by atoms with van der Waals surface area (Å²) in [5, 5.41) is 0.861. The van der Waals surface area contributed by atoms with Gasteiger partial charge < -0.3 is 14.4 Å². The van der Waals surface area contributed by atoms with Crippen molar-refractivity contribution in [3.05, 3.63) is 58.9 Å². The molecule has 0 bridgehead atoms. The zero-order valence-corrected chi connectivity index (χ0v) is 17.5. The molecule has 8 heteroatoms. The Kier molecular flexibility index (Phi) is 5.10. The van der Waals surface area contributed by atoms with Gasteiger partial charge in [-0.05, 0) is 36.8 Å². The molecule has 3 aromatic rings. The van der Waals surface area contributed by atoms with Gasteiger partial charge in [0, 0.05) is 50.7 Å². The number of pyridine rings is 1. The Hall–Kier alpha value is -2.97. The van der Waals surface area contributed by atoms with Crippen LogP contribution in [0.15, 0.2) is 42.7 Å². The van der Waals surface area contributed by atoms with Gasteiger partial charge in [-0.1, -0.05) is 6.07 Å². The second-order valence-electron chi connectivity index (χ2n) is 7.43. The van der Waals surface area contributed by atoms with Gasteiger partial charge in [-0.2, -0.15) is 0 Å². The summed E-state index contributed by atoms with van der Waals surface area (Å²) >= 11 is 1.46. The zero-order chi connectivity index (χ0) is 20.5. The molecule has 1 aromatic carbocycles. The van der Waals surface area contributed by atoms with Crippen LogP contribution >= 0.6 is 11.3 Å². The Morgan fingerprint density at radius 2 is 1.83 bits per heavy atom. The Morgan fingerprint density at radius 1 is 1.07 bits per heavy atom. The third-order valence-corrected chi connectivity index (χ3v) is 6.62. The molecule has 1 saturated heterocycles. The Bertz CT molecular complexity index is 1060. The number of amides is 1. The van der Waals surface area contributed by atoms with Gasteiger partial charge in [0.05, 0.1) is 5.69 Å². The number of carbonyl (C=O) groups excluding carboxylic acids is 1. The first kappa shape index (κ1) is 19.0. The Balaban J connectivity index is 1.21. The van der Waals surface area contributed by atoms with E-state index < -0.39 is 0 Å². The van der Waals surface area contributed by atoms with Crippen molar-refractivity contribution < 1.29 is 14.3 Å². The molecule has 30 heavy (non-hydrogen) atoms. The molecule has 0 spiro atoms. The van der Waals surface area contributed by atoms with Crippen LogP contribution < -0.4 is 9.47 Å². The normalized spacial score (nSPS) is 16.1. The minimum atomic E-state index is 0.0769. The molecule has 1 fully saturated rings. The first-order valence-electron chi connectivity index (χ1n) is 9.95. The fourth-order valence-corrected chi connectivity index (χ4v) is 4.80. The van der Waals surface area contributed by atoms with Crippen LogP contribution in [0.2, 0.25) is 0 Å². The zero-order valence-electron chi connectivity index (χ0n) is 16.7. The molecular formula is C22H22N4O3S. The number of aryl methyl sites for hydroxylation is 1. The molecule has 0 N–H and O–H groups in total. The summed E-state index contributed by atoms with van der Waals surface area (Å²) in [6.07, 6.45) is 3.49. The van der Waals surface area contributed by atoms with Crippen LogP contribution in [0, 0.1) is 6.92 Å². The van der Waals surface area contributed by atoms with Crippen LogP contribution in [0.1, 0.15) is 20.9 Å². The van der Waals surface area contributed by atoms with Crippen LogP contribution in [-0.4, -0.2) is 58.6 Å². The van der Waals surface area contributed by atoms with E-state index in [1.54, 1.807) is 12.4 Å². The van der Waals surface area contributed by atoms with E-state index in [-0.39, 0.29) is 5.91 Å². The van der Waals surface area contributed by atoms with Crippen molar-refractivity contribution in [3.8, 4) is 22.1 Å². The maximum Gasteiger partial charge on any atom is 0.265 e. The number of hydrogen-bond donors (Lipinski definition) is 0. The lowest BCUT2D eigenvalue weighted by molar-refractivity contribution is 0.0632. The number of aromatic nitrogens is 2. The second kappa shape index (κ2) is 8.04. The topological polar surface area (TPSA) is 67.8 Å². The lowest BCUT2D eigenvalue weighted by atomic mass is 10.1. The van der Waals surface area contributed by atoms with Gasteiger partial charge in [-0.15, -0.1) is 11.3 Å². The molecule has 5 rings (SSSR count). The standard InChI is InChI=1S/C22H22N4O3S/c1-15-20(30-21(24-15)17-4-6-23-7-5-17)22(27)26-10-8-25(9-11-26)13-16-2-3-18-19(12-16)29-14-28-18/h2-7,12H,8-11,13-14H2,1H3. The molecule has 2 aliphatic heterocycles. The first-order valence-corrected chi connectivity index (χ1v) is 10.8. The number of thiazole rings is 1. The molecule has 1 amide bonds. The fourth-order valence-electron chi connectivity index (χ4n) is 3.76. The van der Waals surface area contributed by atoms with Gasteiger partial charge in [0.15, 0.2) is 11.5 Å². The summed E-state index contributed by atoms with van der Waals surface area (Å²) < 4.78 is 10.8. The molecule has 7 nitrogen and oxygen atoms in total. The number of rotatable bonds is 4. The maximum absolute atomic E-state index is 13.1. The number of nitrogens with zero attached hydrogens (tertiary/aromatic N) is 4. The largest absolute Gasteiger partial charge is 0.454 e. The average molecular weight is 423 g/mol. The third kappa shape index (κ3) is 3.76. The number of benzene rings is 1. The Labute approximate surface area is 178 Å². The summed E-state index contributed by atoms with van der Waals surface area (Å²) in [7, 11) is 0. The van der Waals surface area contributed by atoms with Crippen molar-refractivity contribution in [1.29, 1.82) is 0 Å². The molecular weight excluding hydrogens is 400 g/mol. The highest BCUT2D eigenvalue weighted by molar-refractivity contribution is 7.17. The van der Waals surface area contributed by atoms with Crippen molar-refractivity contribution in [1.82, 2.24) is 19.8 Å². The molecule has 2 aromatic heterocycles. The monoisotopic (exact) mass is 422 g/mol. The van der Waals surface area contributed by atoms with E-state index in [0.717, 1.165) is 52.3 Å². The van der Waals surface area contributed by atoms with Gasteiger partial charge in [0.25, 0.3) is 5.91 Å². The van der Waals surface area contributed by atoms with Crippen molar-refractivity contribution in [2.24, 2.45) is 0 Å². The highest BCUT2D eigenvalue weighted by Gasteiger charge is 2.26. The summed E-state index contributed by atoms with van der Waals surface area (Å²) in [6, 6.07) is 9.92. The molecule has 0 atom stereocenters. The molecule has 0 radical (unpaired) electrons. The molecule has 2 aliphatic rings. The molecule has 154 valence electrons. The summed E-state index contributed by atoms with van der Waals surface area (Å²) in [5.74, 6) is 1.69. The van der Waals surface area contributed by atoms with E-state index in [1.807, 2.05) is 36.1 Å². The summed E-state index contributed by atoms with van der Waals surface area (Å²) in [4.78, 5) is 26.8. The molecule has 0 unspecified atom stereocenters. The summed E-state index contributed by atoms with van der Waals surface area (Å²) in [5.41, 5.74) is 2.98. The molecule has 0 aliphatic carbocycles. The van der Waals surface area contributed by atoms with E-state index in [4.69, 9.17) is 9.47 Å². The summed E-state index contributed by atoms with van der Waals surface area (Å²) in [6.45, 7) is 6.15. The number of ether oxygens (including phenoxy) is 2. The fraction of sp³-hybridized carbons (Fsp3) is 0.318. The van der Waals surface area contributed by atoms with Gasteiger partial charge in [0.2, 0.25) is 6.79 Å². The minimum Gasteiger partial charge on any atom is -0.454 e. The minimum absolute atomic E-state index is 0.0769. The maximum atomic E-state index is 13.1. The lowest BCUT2D eigenvalue weighted by Crippen LogP contribution is -2.48. The second-order valence-corrected chi connectivity index (χ2v) is 8.42. The number of carbonyl (C=O) groups is 1. The van der Waals surface area contributed by atoms with Crippen molar-refractivity contribution in [3.63, 3.8) is 0 Å². The SMILES string of the molecule is Cc1nc(-c2ccncc2)sc1C(=O)N1CCN(Cc2ccc3c(c2)OCO3)CC1. The van der Waals surface area contributed by atoms with E-state index in [1.165, 1.54) is 16.9 Å². The highest BCUT2D eigenvalue weighted by Crippen LogP contribution is 2.33. The smallest absolute Gasteiger partial charge is 0.265 e. The third-order valence-electron chi connectivity index (χ3n) is 5.42. The molecule has 4 heterocycles. The molecule has 0 saturated carbocycles. The first-order chi connectivity index (χ1) is 14.7. The van der Waals surface area contributed by atoms with Gasteiger partial charge in [-0.3, -0.25) is 14.7 Å². The average Bonchev–Trinajstić information content (AvgIpc) is 3.40. The lowest BCUT2D eigenvalue weighted by Gasteiger charge is -2.34. The van der Waals surface area contributed by atoms with E-state index in [9.17, 15) is 4.79 Å². The van der Waals surface area contributed by atoms with Gasteiger partial charge >= 0.3 is 0 Å². The van der Waals surface area contributed by atoms with Crippen LogP contribution in [0.4, 0.5) is 0 Å². The van der Waals surface area contributed by atoms with Crippen LogP contribution in [-0.2, 0) is 6.54 Å². The van der Waals surface area contributed by atoms with Crippen LogP contribution in [0.5, 0.6) is 11.5 Å². The number of piperazine rings is 1. The van der Waals surface area contributed by atoms with E-state index >= 15 is 0 Å². The number of hydrogen-bond acceptors (Lipinski definition) is 7. The van der Waals surface area contributed by atoms with E-state index in [2.05, 4.69) is 20.9 Å². The van der Waals surface area contributed by atoms with Crippen molar-refractivity contribution in [2.75, 3.05) is 33.0 Å². The van der Waals surface area contributed by atoms with Gasteiger partial charge in [-0.25, -0.2) is 4.98 Å². The van der Waals surface area contributed by atoms with Crippen molar-refractivity contribution >= 4 is 17.2 Å². The van der Waals surface area contributed by atoms with Crippen molar-refractivity contribution in [2.45, 2.75) is 13.5 Å². The van der Waals surface area contributed by atoms with Crippen LogP contribution in [0.25, 0.3) is 10.6 Å². The Morgan fingerprint density at radius 3 is 2.63 bits per heavy atom. The predicted molar refractivity (Wildman–Crippen MR) is 114 cm³/mol. The van der Waals surface area contributed by atoms with Gasteiger partial charge in [0.1, 0.15) is 9.88 Å². The van der Waals surface area contributed by atoms with E-state index in [0.29, 0.717) is 19.9 Å². The predicted octanol–water partition coefficient (Wildman–Crippen LogP) is 3.20. The van der Waals surface area contributed by atoms with Crippen LogP contribution in [0.3, 0.4) is 0 Å². The highest BCUT2D eigenvalue weighted by atomic mass is 32.1. The number of fused-ring (bicyclic) bond motifs is 1. The quantitative estimate of drug-likeness (QED) is 0.643.